The van der Waals surface area contributed by atoms with Crippen LogP contribution in [0.4, 0.5) is 0 Å². The maximum absolute atomic E-state index is 12.5. The summed E-state index contributed by atoms with van der Waals surface area (Å²) in [7, 11) is 0. The quantitative estimate of drug-likeness (QED) is 0.862. The molecule has 108 valence electrons. The first-order valence-corrected chi connectivity index (χ1v) is 7.31. The van der Waals surface area contributed by atoms with E-state index < -0.39 is 0 Å². The van der Waals surface area contributed by atoms with Gasteiger partial charge in [-0.2, -0.15) is 0 Å². The van der Waals surface area contributed by atoms with E-state index in [9.17, 15) is 4.79 Å². The molecule has 0 radical (unpaired) electrons. The molecule has 2 aromatic rings. The summed E-state index contributed by atoms with van der Waals surface area (Å²) in [5.41, 5.74) is 2.30. The van der Waals surface area contributed by atoms with Crippen LogP contribution >= 0.6 is 0 Å². The van der Waals surface area contributed by atoms with Gasteiger partial charge in [0.1, 0.15) is 6.10 Å². The van der Waals surface area contributed by atoms with Crippen LogP contribution in [0.15, 0.2) is 60.7 Å². The first-order valence-electron chi connectivity index (χ1n) is 7.31. The van der Waals surface area contributed by atoms with Crippen LogP contribution in [-0.4, -0.2) is 30.1 Å². The molecule has 0 saturated carbocycles. The van der Waals surface area contributed by atoms with Gasteiger partial charge in [0.05, 0.1) is 6.61 Å². The predicted molar refractivity (Wildman–Crippen MR) is 81.7 cm³/mol. The van der Waals surface area contributed by atoms with E-state index in [1.807, 2.05) is 53.4 Å². The molecule has 2 aromatic carbocycles. The van der Waals surface area contributed by atoms with Crippen LogP contribution in [0.3, 0.4) is 0 Å². The summed E-state index contributed by atoms with van der Waals surface area (Å²) in [5, 5.41) is 0. The number of carbonyl (C=O) groups is 1. The highest BCUT2D eigenvalue weighted by molar-refractivity contribution is 5.81. The highest BCUT2D eigenvalue weighted by Crippen LogP contribution is 2.15. The number of ether oxygens (including phenoxy) is 1. The Morgan fingerprint density at radius 2 is 1.57 bits per heavy atom. The van der Waals surface area contributed by atoms with E-state index >= 15 is 0 Å². The maximum atomic E-state index is 12.5. The van der Waals surface area contributed by atoms with E-state index in [2.05, 4.69) is 12.1 Å². The fourth-order valence-electron chi connectivity index (χ4n) is 2.63. The molecular formula is C18H19NO2. The fraction of sp³-hybridized carbons (Fsp3) is 0.278. The van der Waals surface area contributed by atoms with E-state index in [0.29, 0.717) is 26.1 Å². The molecule has 0 aromatic heterocycles. The zero-order valence-electron chi connectivity index (χ0n) is 11.9. The van der Waals surface area contributed by atoms with Crippen molar-refractivity contribution in [2.45, 2.75) is 19.1 Å². The van der Waals surface area contributed by atoms with Gasteiger partial charge in [0, 0.05) is 19.5 Å². The van der Waals surface area contributed by atoms with Crippen molar-refractivity contribution in [1.82, 2.24) is 4.90 Å². The van der Waals surface area contributed by atoms with E-state index in [1.165, 1.54) is 0 Å². The summed E-state index contributed by atoms with van der Waals surface area (Å²) in [4.78, 5) is 14.4. The highest BCUT2D eigenvalue weighted by Gasteiger charge is 2.29. The first kappa shape index (κ1) is 13.8. The number of morpholine rings is 1. The third-order valence-electron chi connectivity index (χ3n) is 3.75. The molecule has 0 N–H and O–H groups in total. The summed E-state index contributed by atoms with van der Waals surface area (Å²) in [6.07, 6.45) is 0.287. The molecule has 0 spiro atoms. The minimum atomic E-state index is -0.357. The zero-order chi connectivity index (χ0) is 14.5. The average Bonchev–Trinajstić information content (AvgIpc) is 2.53. The Hall–Kier alpha value is -2.13. The number of carbonyl (C=O) groups excluding carboxylic acids is 1. The molecule has 1 amide bonds. The lowest BCUT2D eigenvalue weighted by Crippen LogP contribution is -2.48. The van der Waals surface area contributed by atoms with E-state index in [-0.39, 0.29) is 12.0 Å². The van der Waals surface area contributed by atoms with Crippen LogP contribution < -0.4 is 0 Å². The molecule has 0 bridgehead atoms. The Morgan fingerprint density at radius 1 is 0.952 bits per heavy atom. The van der Waals surface area contributed by atoms with Crippen LogP contribution in [0.1, 0.15) is 11.1 Å². The minimum absolute atomic E-state index is 0.0916. The molecule has 21 heavy (non-hydrogen) atoms. The second-order valence-electron chi connectivity index (χ2n) is 5.29. The van der Waals surface area contributed by atoms with E-state index in [1.54, 1.807) is 0 Å². The molecule has 0 aliphatic carbocycles. The van der Waals surface area contributed by atoms with E-state index in [4.69, 9.17) is 4.74 Å². The molecule has 3 heteroatoms. The third-order valence-corrected chi connectivity index (χ3v) is 3.75. The van der Waals surface area contributed by atoms with Crippen LogP contribution in [0.25, 0.3) is 0 Å². The third kappa shape index (κ3) is 3.50. The van der Waals surface area contributed by atoms with Gasteiger partial charge in [-0.1, -0.05) is 60.7 Å². The number of rotatable bonds is 4. The molecule has 1 aliphatic heterocycles. The molecule has 3 rings (SSSR count). The van der Waals surface area contributed by atoms with Crippen molar-refractivity contribution in [3.8, 4) is 0 Å². The Morgan fingerprint density at radius 3 is 2.24 bits per heavy atom. The Labute approximate surface area is 125 Å². The number of amides is 1. The monoisotopic (exact) mass is 281 g/mol. The summed E-state index contributed by atoms with van der Waals surface area (Å²) in [5.74, 6) is 0.0916. The largest absolute Gasteiger partial charge is 0.366 e. The molecule has 1 atom stereocenters. The van der Waals surface area contributed by atoms with Crippen LogP contribution in [-0.2, 0) is 22.5 Å². The first-order chi connectivity index (χ1) is 10.3. The number of hydrogen-bond donors (Lipinski definition) is 0. The standard InChI is InChI=1S/C18H19NO2/c20-18-17(13-15-7-3-1-4-8-15)21-12-11-19(18)14-16-9-5-2-6-10-16/h1-10,17H,11-14H2. The summed E-state index contributed by atoms with van der Waals surface area (Å²) >= 11 is 0. The van der Waals surface area contributed by atoms with Gasteiger partial charge in [-0.05, 0) is 11.1 Å². The van der Waals surface area contributed by atoms with Crippen molar-refractivity contribution >= 4 is 5.91 Å². The summed E-state index contributed by atoms with van der Waals surface area (Å²) in [6.45, 7) is 1.93. The van der Waals surface area contributed by atoms with Crippen molar-refractivity contribution in [2.24, 2.45) is 0 Å². The zero-order valence-corrected chi connectivity index (χ0v) is 11.9. The lowest BCUT2D eigenvalue weighted by atomic mass is 10.1. The van der Waals surface area contributed by atoms with Gasteiger partial charge in [-0.3, -0.25) is 4.79 Å². The topological polar surface area (TPSA) is 29.5 Å². The van der Waals surface area contributed by atoms with Crippen molar-refractivity contribution in [1.29, 1.82) is 0 Å². The molecular weight excluding hydrogens is 262 g/mol. The smallest absolute Gasteiger partial charge is 0.252 e. The normalized spacial score (nSPS) is 18.8. The second kappa shape index (κ2) is 6.55. The van der Waals surface area contributed by atoms with Crippen molar-refractivity contribution in [3.05, 3.63) is 71.8 Å². The van der Waals surface area contributed by atoms with Gasteiger partial charge in [0.2, 0.25) is 0 Å². The Balaban J connectivity index is 1.66. The van der Waals surface area contributed by atoms with Crippen LogP contribution in [0.5, 0.6) is 0 Å². The number of nitrogens with zero attached hydrogens (tertiary/aromatic N) is 1. The van der Waals surface area contributed by atoms with Crippen molar-refractivity contribution in [2.75, 3.05) is 13.2 Å². The second-order valence-corrected chi connectivity index (χ2v) is 5.29. The van der Waals surface area contributed by atoms with E-state index in [0.717, 1.165) is 11.1 Å². The SMILES string of the molecule is O=C1C(Cc2ccccc2)OCCN1Cc1ccccc1. The lowest BCUT2D eigenvalue weighted by molar-refractivity contribution is -0.153. The average molecular weight is 281 g/mol. The predicted octanol–water partition coefficient (Wildman–Crippen LogP) is 2.66. The molecule has 1 saturated heterocycles. The van der Waals surface area contributed by atoms with Gasteiger partial charge < -0.3 is 9.64 Å². The Bertz CT molecular complexity index is 531. The van der Waals surface area contributed by atoms with Crippen LogP contribution in [0, 0.1) is 0 Å². The molecule has 1 heterocycles. The maximum Gasteiger partial charge on any atom is 0.252 e. The Kier molecular flexibility index (Phi) is 4.31. The molecule has 1 fully saturated rings. The summed E-state index contributed by atoms with van der Waals surface area (Å²) in [6, 6.07) is 20.1. The number of hydrogen-bond acceptors (Lipinski definition) is 2. The minimum Gasteiger partial charge on any atom is -0.366 e. The van der Waals surface area contributed by atoms with Gasteiger partial charge >= 0.3 is 0 Å². The fourth-order valence-corrected chi connectivity index (χ4v) is 2.63. The number of benzene rings is 2. The molecule has 1 unspecified atom stereocenters. The lowest BCUT2D eigenvalue weighted by Gasteiger charge is -2.32. The van der Waals surface area contributed by atoms with Crippen molar-refractivity contribution in [3.63, 3.8) is 0 Å². The van der Waals surface area contributed by atoms with Gasteiger partial charge in [0.25, 0.3) is 5.91 Å². The summed E-state index contributed by atoms with van der Waals surface area (Å²) < 4.78 is 5.67. The van der Waals surface area contributed by atoms with Gasteiger partial charge in [-0.15, -0.1) is 0 Å². The molecule has 1 aliphatic rings. The van der Waals surface area contributed by atoms with Crippen LogP contribution in [0.2, 0.25) is 0 Å². The van der Waals surface area contributed by atoms with Gasteiger partial charge in [-0.25, -0.2) is 0 Å². The van der Waals surface area contributed by atoms with Gasteiger partial charge in [0.15, 0.2) is 0 Å². The highest BCUT2D eigenvalue weighted by atomic mass is 16.5. The molecule has 3 nitrogen and oxygen atoms in total. The van der Waals surface area contributed by atoms with Crippen molar-refractivity contribution < 1.29 is 9.53 Å².